The van der Waals surface area contributed by atoms with E-state index in [4.69, 9.17) is 9.84 Å². The van der Waals surface area contributed by atoms with Gasteiger partial charge >= 0.3 is 0 Å². The Morgan fingerprint density at radius 3 is 2.33 bits per heavy atom. The smallest absolute Gasteiger partial charge is 0.118 e. The summed E-state index contributed by atoms with van der Waals surface area (Å²) in [4.78, 5) is 0. The van der Waals surface area contributed by atoms with Crippen LogP contribution in [0.1, 0.15) is 12.5 Å². The highest BCUT2D eigenvalue weighted by Crippen LogP contribution is 2.12. The van der Waals surface area contributed by atoms with E-state index in [1.54, 1.807) is 14.0 Å². The third-order valence-electron chi connectivity index (χ3n) is 1.69. The number of methoxy groups -OCH3 is 1. The van der Waals surface area contributed by atoms with Crippen LogP contribution in [0.4, 0.5) is 0 Å². The number of rotatable bonds is 3. The Morgan fingerprint density at radius 1 is 1.33 bits per heavy atom. The summed E-state index contributed by atoms with van der Waals surface area (Å²) in [6, 6.07) is 7.73. The second-order valence-electron chi connectivity index (χ2n) is 2.90. The molecule has 0 aliphatic heterocycles. The zero-order chi connectivity index (χ0) is 8.97. The van der Waals surface area contributed by atoms with Crippen LogP contribution in [-0.2, 0) is 6.42 Å². The van der Waals surface area contributed by atoms with Gasteiger partial charge in [0.05, 0.1) is 13.2 Å². The molecule has 0 bridgehead atoms. The van der Waals surface area contributed by atoms with E-state index in [2.05, 4.69) is 0 Å². The van der Waals surface area contributed by atoms with Crippen LogP contribution >= 0.6 is 0 Å². The van der Waals surface area contributed by atoms with Crippen molar-refractivity contribution in [2.45, 2.75) is 19.4 Å². The highest BCUT2D eigenvalue weighted by atomic mass is 16.5. The van der Waals surface area contributed by atoms with Crippen LogP contribution in [-0.4, -0.2) is 18.3 Å². The molecule has 0 fully saturated rings. The molecule has 0 aliphatic rings. The summed E-state index contributed by atoms with van der Waals surface area (Å²) in [6.45, 7) is 1.78. The van der Waals surface area contributed by atoms with Gasteiger partial charge in [-0.15, -0.1) is 0 Å². The minimum absolute atomic E-state index is 0.279. The molecule has 0 saturated carbocycles. The van der Waals surface area contributed by atoms with Crippen molar-refractivity contribution in [3.8, 4) is 5.75 Å². The molecule has 0 heterocycles. The van der Waals surface area contributed by atoms with E-state index in [9.17, 15) is 0 Å². The predicted octanol–water partition coefficient (Wildman–Crippen LogP) is 1.62. The molecule has 1 N–H and O–H groups in total. The van der Waals surface area contributed by atoms with Crippen molar-refractivity contribution >= 4 is 0 Å². The Kier molecular flexibility index (Phi) is 3.11. The third-order valence-corrected chi connectivity index (χ3v) is 1.69. The first kappa shape index (κ1) is 9.07. The maximum Gasteiger partial charge on any atom is 0.118 e. The van der Waals surface area contributed by atoms with Crippen LogP contribution in [0.5, 0.6) is 5.75 Å². The molecule has 1 aromatic carbocycles. The van der Waals surface area contributed by atoms with Gasteiger partial charge in [-0.05, 0) is 31.0 Å². The van der Waals surface area contributed by atoms with Gasteiger partial charge in [0.25, 0.3) is 0 Å². The van der Waals surface area contributed by atoms with Crippen molar-refractivity contribution in [2.24, 2.45) is 0 Å². The van der Waals surface area contributed by atoms with Gasteiger partial charge in [-0.3, -0.25) is 0 Å². The van der Waals surface area contributed by atoms with Crippen LogP contribution in [0, 0.1) is 0 Å². The largest absolute Gasteiger partial charge is 0.497 e. The predicted molar refractivity (Wildman–Crippen MR) is 48.4 cm³/mol. The number of aliphatic hydroxyl groups excluding tert-OH is 1. The fraction of sp³-hybridized carbons (Fsp3) is 0.400. The van der Waals surface area contributed by atoms with Gasteiger partial charge in [0, 0.05) is 0 Å². The maximum atomic E-state index is 9.10. The summed E-state index contributed by atoms with van der Waals surface area (Å²) in [5.74, 6) is 0.851. The SMILES string of the molecule is COc1ccc(C[C@@H](C)O)cc1. The van der Waals surface area contributed by atoms with Crippen molar-refractivity contribution in [3.63, 3.8) is 0 Å². The number of aliphatic hydroxyl groups is 1. The molecule has 1 rings (SSSR count). The maximum absolute atomic E-state index is 9.10. The van der Waals surface area contributed by atoms with E-state index in [-0.39, 0.29) is 6.10 Å². The Labute approximate surface area is 72.8 Å². The van der Waals surface area contributed by atoms with Gasteiger partial charge in [0.1, 0.15) is 5.75 Å². The molecule has 2 heteroatoms. The van der Waals surface area contributed by atoms with Crippen LogP contribution in [0.2, 0.25) is 0 Å². The molecule has 0 radical (unpaired) electrons. The van der Waals surface area contributed by atoms with Crippen LogP contribution in [0.25, 0.3) is 0 Å². The molecule has 0 saturated heterocycles. The first-order chi connectivity index (χ1) is 5.72. The highest BCUT2D eigenvalue weighted by Gasteiger charge is 1.98. The number of benzene rings is 1. The minimum atomic E-state index is -0.279. The van der Waals surface area contributed by atoms with Crippen molar-refractivity contribution in [1.82, 2.24) is 0 Å². The van der Waals surface area contributed by atoms with Gasteiger partial charge < -0.3 is 9.84 Å². The molecule has 66 valence electrons. The standard InChI is InChI=1S/C10H14O2/c1-8(11)7-9-3-5-10(12-2)6-4-9/h3-6,8,11H,7H2,1-2H3/t8-/m1/s1. The first-order valence-corrected chi connectivity index (χ1v) is 4.03. The lowest BCUT2D eigenvalue weighted by Crippen LogP contribution is -2.03. The Morgan fingerprint density at radius 2 is 1.92 bits per heavy atom. The fourth-order valence-electron chi connectivity index (χ4n) is 1.10. The minimum Gasteiger partial charge on any atom is -0.497 e. The van der Waals surface area contributed by atoms with Crippen LogP contribution in [0.3, 0.4) is 0 Å². The van der Waals surface area contributed by atoms with Crippen molar-refractivity contribution in [3.05, 3.63) is 29.8 Å². The lowest BCUT2D eigenvalue weighted by Gasteiger charge is -2.04. The zero-order valence-corrected chi connectivity index (χ0v) is 7.45. The van der Waals surface area contributed by atoms with Gasteiger partial charge in [-0.2, -0.15) is 0 Å². The molecule has 0 aliphatic carbocycles. The molecule has 0 spiro atoms. The van der Waals surface area contributed by atoms with Crippen molar-refractivity contribution < 1.29 is 9.84 Å². The Bertz CT molecular complexity index is 226. The molecular weight excluding hydrogens is 152 g/mol. The Hall–Kier alpha value is -1.02. The van der Waals surface area contributed by atoms with Crippen LogP contribution in [0.15, 0.2) is 24.3 Å². The second-order valence-corrected chi connectivity index (χ2v) is 2.90. The van der Waals surface area contributed by atoms with Crippen LogP contribution < -0.4 is 4.74 Å². The highest BCUT2D eigenvalue weighted by molar-refractivity contribution is 5.27. The van der Waals surface area contributed by atoms with Gasteiger partial charge in [0.15, 0.2) is 0 Å². The molecule has 0 amide bonds. The van der Waals surface area contributed by atoms with E-state index in [0.29, 0.717) is 6.42 Å². The molecule has 0 unspecified atom stereocenters. The fourth-order valence-corrected chi connectivity index (χ4v) is 1.10. The quantitative estimate of drug-likeness (QED) is 0.739. The first-order valence-electron chi connectivity index (χ1n) is 4.03. The lowest BCUT2D eigenvalue weighted by atomic mass is 10.1. The zero-order valence-electron chi connectivity index (χ0n) is 7.45. The van der Waals surface area contributed by atoms with E-state index < -0.39 is 0 Å². The molecule has 1 aromatic rings. The summed E-state index contributed by atoms with van der Waals surface area (Å²) in [5, 5.41) is 9.10. The molecular formula is C10H14O2. The normalized spacial score (nSPS) is 12.6. The summed E-state index contributed by atoms with van der Waals surface area (Å²) < 4.78 is 5.01. The lowest BCUT2D eigenvalue weighted by molar-refractivity contribution is 0.195. The average Bonchev–Trinajstić information content (AvgIpc) is 2.05. The number of hydrogen-bond donors (Lipinski definition) is 1. The summed E-state index contributed by atoms with van der Waals surface area (Å²) in [6.07, 6.45) is 0.419. The van der Waals surface area contributed by atoms with Gasteiger partial charge in [-0.25, -0.2) is 0 Å². The van der Waals surface area contributed by atoms with Crippen molar-refractivity contribution in [2.75, 3.05) is 7.11 Å². The van der Waals surface area contributed by atoms with E-state index >= 15 is 0 Å². The Balaban J connectivity index is 2.65. The summed E-state index contributed by atoms with van der Waals surface area (Å²) in [5.41, 5.74) is 1.13. The van der Waals surface area contributed by atoms with Crippen molar-refractivity contribution in [1.29, 1.82) is 0 Å². The molecule has 0 aromatic heterocycles. The second kappa shape index (κ2) is 4.12. The molecule has 2 nitrogen and oxygen atoms in total. The topological polar surface area (TPSA) is 29.5 Å². The number of ether oxygens (including phenoxy) is 1. The van der Waals surface area contributed by atoms with Gasteiger partial charge in [0.2, 0.25) is 0 Å². The molecule has 1 atom stereocenters. The molecule has 12 heavy (non-hydrogen) atoms. The van der Waals surface area contributed by atoms with E-state index in [1.165, 1.54) is 0 Å². The monoisotopic (exact) mass is 166 g/mol. The summed E-state index contributed by atoms with van der Waals surface area (Å²) >= 11 is 0. The van der Waals surface area contributed by atoms with E-state index in [1.807, 2.05) is 24.3 Å². The van der Waals surface area contributed by atoms with Gasteiger partial charge in [-0.1, -0.05) is 12.1 Å². The van der Waals surface area contributed by atoms with E-state index in [0.717, 1.165) is 11.3 Å². The third kappa shape index (κ3) is 2.55. The average molecular weight is 166 g/mol. The summed E-state index contributed by atoms with van der Waals surface area (Å²) in [7, 11) is 1.64. The number of hydrogen-bond acceptors (Lipinski definition) is 2.